The van der Waals surface area contributed by atoms with E-state index < -0.39 is 5.97 Å². The van der Waals surface area contributed by atoms with Gasteiger partial charge in [0.15, 0.2) is 0 Å². The maximum absolute atomic E-state index is 12.3. The van der Waals surface area contributed by atoms with Crippen molar-refractivity contribution in [3.05, 3.63) is 35.9 Å². The second kappa shape index (κ2) is 6.52. The summed E-state index contributed by atoms with van der Waals surface area (Å²) in [6.07, 6.45) is 0.798. The van der Waals surface area contributed by atoms with Crippen molar-refractivity contribution in [1.82, 2.24) is 4.90 Å². The van der Waals surface area contributed by atoms with Crippen molar-refractivity contribution in [2.45, 2.75) is 12.3 Å². The Balaban J connectivity index is 1.97. The molecule has 5 heteroatoms. The fraction of sp³-hybridized carbons (Fsp3) is 0.467. The predicted octanol–water partition coefficient (Wildman–Crippen LogP) is 1.35. The first-order valence-corrected chi connectivity index (χ1v) is 6.68. The Labute approximate surface area is 118 Å². The van der Waals surface area contributed by atoms with E-state index in [1.165, 1.54) is 12.0 Å². The number of benzene rings is 1. The summed E-state index contributed by atoms with van der Waals surface area (Å²) in [5.41, 5.74) is 1.15. The second-order valence-electron chi connectivity index (χ2n) is 5.01. The minimum absolute atomic E-state index is 0.0849. The molecular weight excluding hydrogens is 258 g/mol. The maximum Gasteiger partial charge on any atom is 0.323 e. The zero-order valence-electron chi connectivity index (χ0n) is 11.5. The largest absolute Gasteiger partial charge is 0.480 e. The van der Waals surface area contributed by atoms with Gasteiger partial charge in [-0.15, -0.1) is 0 Å². The standard InChI is InChI=1S/C15H19NO4/c1-20-8-7-16(10-14(17)18)15(19)13-9-12(13)11-5-3-2-4-6-11/h2-6,12-13H,7-10H2,1H3,(H,17,18). The van der Waals surface area contributed by atoms with Gasteiger partial charge in [-0.25, -0.2) is 0 Å². The van der Waals surface area contributed by atoms with Gasteiger partial charge in [-0.2, -0.15) is 0 Å². The third-order valence-electron chi connectivity index (χ3n) is 3.54. The summed E-state index contributed by atoms with van der Waals surface area (Å²) < 4.78 is 4.93. The molecule has 0 bridgehead atoms. The Kier molecular flexibility index (Phi) is 4.74. The number of aliphatic carboxylic acids is 1. The summed E-state index contributed by atoms with van der Waals surface area (Å²) in [4.78, 5) is 24.5. The van der Waals surface area contributed by atoms with Crippen molar-refractivity contribution in [1.29, 1.82) is 0 Å². The van der Waals surface area contributed by atoms with Crippen LogP contribution in [0.15, 0.2) is 30.3 Å². The Morgan fingerprint density at radius 1 is 1.35 bits per heavy atom. The number of ether oxygens (including phenoxy) is 1. The lowest BCUT2D eigenvalue weighted by molar-refractivity contribution is -0.145. The van der Waals surface area contributed by atoms with Gasteiger partial charge in [0.2, 0.25) is 5.91 Å². The first kappa shape index (κ1) is 14.5. The molecule has 1 N–H and O–H groups in total. The number of rotatable bonds is 7. The third kappa shape index (κ3) is 3.57. The molecule has 2 rings (SSSR count). The molecule has 1 aromatic rings. The highest BCUT2D eigenvalue weighted by atomic mass is 16.5. The molecule has 1 amide bonds. The van der Waals surface area contributed by atoms with Crippen LogP contribution in [0.4, 0.5) is 0 Å². The van der Waals surface area contributed by atoms with Crippen LogP contribution in [0.5, 0.6) is 0 Å². The monoisotopic (exact) mass is 277 g/mol. The molecular formula is C15H19NO4. The highest BCUT2D eigenvalue weighted by Gasteiger charge is 2.45. The third-order valence-corrected chi connectivity index (χ3v) is 3.54. The molecule has 1 aliphatic carbocycles. The van der Waals surface area contributed by atoms with Gasteiger partial charge in [-0.3, -0.25) is 9.59 Å². The van der Waals surface area contributed by atoms with Crippen molar-refractivity contribution < 1.29 is 19.4 Å². The number of amides is 1. The van der Waals surface area contributed by atoms with Crippen LogP contribution < -0.4 is 0 Å². The average molecular weight is 277 g/mol. The minimum Gasteiger partial charge on any atom is -0.480 e. The molecule has 2 atom stereocenters. The fourth-order valence-electron chi connectivity index (χ4n) is 2.40. The lowest BCUT2D eigenvalue weighted by atomic mass is 10.1. The minimum atomic E-state index is -0.994. The van der Waals surface area contributed by atoms with E-state index in [1.807, 2.05) is 30.3 Å². The fourth-order valence-corrected chi connectivity index (χ4v) is 2.40. The number of hydrogen-bond acceptors (Lipinski definition) is 3. The van der Waals surface area contributed by atoms with Crippen molar-refractivity contribution >= 4 is 11.9 Å². The van der Waals surface area contributed by atoms with Crippen LogP contribution in [0.1, 0.15) is 17.9 Å². The molecule has 1 fully saturated rings. The molecule has 0 aromatic heterocycles. The number of carboxylic acids is 1. The summed E-state index contributed by atoms with van der Waals surface area (Å²) in [5.74, 6) is -0.944. The van der Waals surface area contributed by atoms with Gasteiger partial charge in [-0.1, -0.05) is 30.3 Å². The molecule has 1 aliphatic rings. The quantitative estimate of drug-likeness (QED) is 0.817. The van der Waals surface area contributed by atoms with Crippen LogP contribution in [-0.2, 0) is 14.3 Å². The molecule has 108 valence electrons. The zero-order chi connectivity index (χ0) is 14.5. The Morgan fingerprint density at radius 3 is 2.65 bits per heavy atom. The van der Waals surface area contributed by atoms with Crippen LogP contribution >= 0.6 is 0 Å². The molecule has 2 unspecified atom stereocenters. The summed E-state index contributed by atoms with van der Waals surface area (Å²) >= 11 is 0. The maximum atomic E-state index is 12.3. The van der Waals surface area contributed by atoms with Crippen LogP contribution in [0, 0.1) is 5.92 Å². The molecule has 5 nitrogen and oxygen atoms in total. The summed E-state index contributed by atoms with van der Waals surface area (Å²) in [7, 11) is 1.54. The molecule has 0 saturated heterocycles. The zero-order valence-corrected chi connectivity index (χ0v) is 11.5. The lowest BCUT2D eigenvalue weighted by Gasteiger charge is -2.20. The van der Waals surface area contributed by atoms with E-state index >= 15 is 0 Å². The van der Waals surface area contributed by atoms with E-state index in [9.17, 15) is 9.59 Å². The highest BCUT2D eigenvalue weighted by Crippen LogP contribution is 2.48. The van der Waals surface area contributed by atoms with Crippen LogP contribution in [0.25, 0.3) is 0 Å². The highest BCUT2D eigenvalue weighted by molar-refractivity contribution is 5.86. The normalized spacial score (nSPS) is 20.4. The van der Waals surface area contributed by atoms with Gasteiger partial charge in [0.1, 0.15) is 6.54 Å². The molecule has 20 heavy (non-hydrogen) atoms. The molecule has 0 heterocycles. The molecule has 0 aliphatic heterocycles. The topological polar surface area (TPSA) is 66.8 Å². The van der Waals surface area contributed by atoms with Crippen LogP contribution in [0.2, 0.25) is 0 Å². The van der Waals surface area contributed by atoms with Crippen molar-refractivity contribution in [3.63, 3.8) is 0 Å². The van der Waals surface area contributed by atoms with Crippen molar-refractivity contribution in [3.8, 4) is 0 Å². The van der Waals surface area contributed by atoms with Crippen molar-refractivity contribution in [2.75, 3.05) is 26.8 Å². The van der Waals surface area contributed by atoms with Gasteiger partial charge in [0.25, 0.3) is 0 Å². The number of nitrogens with zero attached hydrogens (tertiary/aromatic N) is 1. The SMILES string of the molecule is COCCN(CC(=O)O)C(=O)C1CC1c1ccccc1. The number of carboxylic acid groups (broad SMARTS) is 1. The predicted molar refractivity (Wildman–Crippen MR) is 73.4 cm³/mol. The van der Waals surface area contributed by atoms with Gasteiger partial charge in [0, 0.05) is 19.6 Å². The van der Waals surface area contributed by atoms with E-state index in [0.717, 1.165) is 12.0 Å². The molecule has 1 saturated carbocycles. The Morgan fingerprint density at radius 2 is 2.05 bits per heavy atom. The lowest BCUT2D eigenvalue weighted by Crippen LogP contribution is -2.39. The summed E-state index contributed by atoms with van der Waals surface area (Å²) in [5, 5.41) is 8.88. The summed E-state index contributed by atoms with van der Waals surface area (Å²) in [6.45, 7) is 0.404. The van der Waals surface area contributed by atoms with E-state index in [-0.39, 0.29) is 24.3 Å². The number of methoxy groups -OCH3 is 1. The van der Waals surface area contributed by atoms with E-state index in [2.05, 4.69) is 0 Å². The van der Waals surface area contributed by atoms with Gasteiger partial charge in [-0.05, 0) is 17.9 Å². The molecule has 0 radical (unpaired) electrons. The van der Waals surface area contributed by atoms with Crippen LogP contribution in [0.3, 0.4) is 0 Å². The number of carbonyl (C=O) groups is 2. The van der Waals surface area contributed by atoms with Gasteiger partial charge >= 0.3 is 5.97 Å². The smallest absolute Gasteiger partial charge is 0.323 e. The number of hydrogen-bond donors (Lipinski definition) is 1. The average Bonchev–Trinajstić information content (AvgIpc) is 3.23. The van der Waals surface area contributed by atoms with E-state index in [1.54, 1.807) is 0 Å². The van der Waals surface area contributed by atoms with Gasteiger partial charge in [0.05, 0.1) is 6.61 Å². The number of carbonyl (C=O) groups excluding carboxylic acids is 1. The van der Waals surface area contributed by atoms with E-state index in [0.29, 0.717) is 13.2 Å². The molecule has 1 aromatic carbocycles. The van der Waals surface area contributed by atoms with Gasteiger partial charge < -0.3 is 14.7 Å². The van der Waals surface area contributed by atoms with E-state index in [4.69, 9.17) is 9.84 Å². The van der Waals surface area contributed by atoms with Crippen molar-refractivity contribution in [2.24, 2.45) is 5.92 Å². The first-order valence-electron chi connectivity index (χ1n) is 6.68. The second-order valence-corrected chi connectivity index (χ2v) is 5.01. The first-order chi connectivity index (χ1) is 9.63. The van der Waals surface area contributed by atoms with Crippen LogP contribution in [-0.4, -0.2) is 48.7 Å². The Bertz CT molecular complexity index is 474. The summed E-state index contributed by atoms with van der Waals surface area (Å²) in [6, 6.07) is 9.87. The molecule has 0 spiro atoms. The Hall–Kier alpha value is -1.88.